The van der Waals surface area contributed by atoms with Gasteiger partial charge in [-0.2, -0.15) is 4.98 Å². The van der Waals surface area contributed by atoms with E-state index >= 15 is 0 Å². The first-order valence-electron chi connectivity index (χ1n) is 7.40. The predicted molar refractivity (Wildman–Crippen MR) is 90.9 cm³/mol. The Kier molecular flexibility index (Phi) is 3.77. The number of aromatic nitrogens is 3. The Labute approximate surface area is 146 Å². The maximum Gasteiger partial charge on any atom is 0.420 e. The van der Waals surface area contributed by atoms with Crippen molar-refractivity contribution in [2.75, 3.05) is 7.11 Å². The molecule has 0 aliphatic rings. The first-order chi connectivity index (χ1) is 12.1. The number of oxazole rings is 1. The molecule has 0 amide bonds. The van der Waals surface area contributed by atoms with Crippen molar-refractivity contribution in [1.29, 1.82) is 0 Å². The molecule has 0 fully saturated rings. The fourth-order valence-corrected chi connectivity index (χ4v) is 2.69. The number of benzene rings is 2. The highest BCUT2D eigenvalue weighted by Gasteiger charge is 2.15. The molecular weight excluding hydrogens is 346 g/mol. The fraction of sp³-hybridized carbons (Fsp3) is 0.118. The molecule has 2 heterocycles. The van der Waals surface area contributed by atoms with E-state index in [0.29, 0.717) is 27.7 Å². The standard InChI is InChI=1S/C17H12ClN3O4/c1-23-12-4-2-3-10(7-12)16-19-15(25-20-16)9-21-13-6-5-11(18)8-14(13)24-17(21)22/h2-8H,9H2,1H3. The van der Waals surface area contributed by atoms with Gasteiger partial charge in [-0.05, 0) is 24.3 Å². The molecule has 0 radical (unpaired) electrons. The summed E-state index contributed by atoms with van der Waals surface area (Å²) in [6.07, 6.45) is 0. The first kappa shape index (κ1) is 15.5. The molecule has 2 aromatic carbocycles. The van der Waals surface area contributed by atoms with Gasteiger partial charge in [0.1, 0.15) is 12.3 Å². The highest BCUT2D eigenvalue weighted by molar-refractivity contribution is 6.31. The zero-order valence-electron chi connectivity index (χ0n) is 13.1. The molecule has 25 heavy (non-hydrogen) atoms. The molecule has 0 aliphatic carbocycles. The van der Waals surface area contributed by atoms with Crippen LogP contribution in [0.15, 0.2) is 56.2 Å². The normalized spacial score (nSPS) is 11.1. The van der Waals surface area contributed by atoms with Gasteiger partial charge in [0.2, 0.25) is 11.7 Å². The average Bonchev–Trinajstić information content (AvgIpc) is 3.20. The van der Waals surface area contributed by atoms with Crippen LogP contribution in [0.3, 0.4) is 0 Å². The zero-order valence-corrected chi connectivity index (χ0v) is 13.9. The van der Waals surface area contributed by atoms with Crippen LogP contribution in [0.2, 0.25) is 5.02 Å². The lowest BCUT2D eigenvalue weighted by Crippen LogP contribution is -2.15. The number of ether oxygens (including phenoxy) is 1. The van der Waals surface area contributed by atoms with Crippen molar-refractivity contribution in [3.63, 3.8) is 0 Å². The fourth-order valence-electron chi connectivity index (χ4n) is 2.52. The van der Waals surface area contributed by atoms with Crippen molar-refractivity contribution in [2.45, 2.75) is 6.54 Å². The molecule has 0 saturated carbocycles. The second kappa shape index (κ2) is 6.10. The number of hydrogen-bond donors (Lipinski definition) is 0. The molecule has 2 aromatic heterocycles. The van der Waals surface area contributed by atoms with Gasteiger partial charge in [0.05, 0.1) is 12.6 Å². The van der Waals surface area contributed by atoms with E-state index in [9.17, 15) is 4.79 Å². The van der Waals surface area contributed by atoms with Gasteiger partial charge in [-0.15, -0.1) is 0 Å². The summed E-state index contributed by atoms with van der Waals surface area (Å²) in [6.45, 7) is 0.102. The SMILES string of the molecule is COc1cccc(-c2noc(Cn3c(=O)oc4cc(Cl)ccc43)n2)c1. The maximum atomic E-state index is 12.1. The minimum absolute atomic E-state index is 0.102. The summed E-state index contributed by atoms with van der Waals surface area (Å²) in [7, 11) is 1.59. The lowest BCUT2D eigenvalue weighted by molar-refractivity contribution is 0.367. The van der Waals surface area contributed by atoms with Crippen LogP contribution in [0.5, 0.6) is 5.75 Å². The molecule has 4 aromatic rings. The molecule has 0 saturated heterocycles. The maximum absolute atomic E-state index is 12.1. The molecule has 0 atom stereocenters. The lowest BCUT2D eigenvalue weighted by atomic mass is 10.2. The van der Waals surface area contributed by atoms with E-state index in [4.69, 9.17) is 25.3 Å². The van der Waals surface area contributed by atoms with Crippen LogP contribution in [0, 0.1) is 0 Å². The third-order valence-electron chi connectivity index (χ3n) is 3.72. The van der Waals surface area contributed by atoms with Crippen LogP contribution >= 0.6 is 11.6 Å². The Balaban J connectivity index is 1.68. The Morgan fingerprint density at radius 1 is 1.24 bits per heavy atom. The van der Waals surface area contributed by atoms with E-state index in [2.05, 4.69) is 10.1 Å². The smallest absolute Gasteiger partial charge is 0.420 e. The minimum atomic E-state index is -0.515. The van der Waals surface area contributed by atoms with Crippen molar-refractivity contribution in [3.05, 3.63) is 63.9 Å². The molecule has 0 bridgehead atoms. The van der Waals surface area contributed by atoms with Crippen LogP contribution in [0.4, 0.5) is 0 Å². The summed E-state index contributed by atoms with van der Waals surface area (Å²) in [5.74, 6) is 0.881. The highest BCUT2D eigenvalue weighted by atomic mass is 35.5. The number of fused-ring (bicyclic) bond motifs is 1. The van der Waals surface area contributed by atoms with Crippen molar-refractivity contribution in [2.24, 2.45) is 0 Å². The topological polar surface area (TPSA) is 83.3 Å². The summed E-state index contributed by atoms with van der Waals surface area (Å²) in [5.41, 5.74) is 1.77. The second-order valence-corrected chi connectivity index (χ2v) is 5.75. The van der Waals surface area contributed by atoms with Crippen molar-refractivity contribution >= 4 is 22.7 Å². The van der Waals surface area contributed by atoms with E-state index in [1.165, 1.54) is 4.57 Å². The third kappa shape index (κ3) is 2.89. The third-order valence-corrected chi connectivity index (χ3v) is 3.95. The van der Waals surface area contributed by atoms with Gasteiger partial charge in [-0.25, -0.2) is 4.79 Å². The summed E-state index contributed by atoms with van der Waals surface area (Å²) < 4.78 is 17.1. The van der Waals surface area contributed by atoms with E-state index in [1.807, 2.05) is 18.2 Å². The minimum Gasteiger partial charge on any atom is -0.497 e. The molecule has 0 spiro atoms. The number of hydrogen-bond acceptors (Lipinski definition) is 6. The quantitative estimate of drug-likeness (QED) is 0.557. The van der Waals surface area contributed by atoms with E-state index in [1.54, 1.807) is 31.4 Å². The molecule has 0 aliphatic heterocycles. The molecule has 7 nitrogen and oxygen atoms in total. The number of rotatable bonds is 4. The Hall–Kier alpha value is -3.06. The first-order valence-corrected chi connectivity index (χ1v) is 7.78. The monoisotopic (exact) mass is 357 g/mol. The number of halogens is 1. The predicted octanol–water partition coefficient (Wildman–Crippen LogP) is 3.35. The molecule has 8 heteroatoms. The summed E-state index contributed by atoms with van der Waals surface area (Å²) in [6, 6.07) is 12.3. The van der Waals surface area contributed by atoms with Gasteiger partial charge >= 0.3 is 5.76 Å². The second-order valence-electron chi connectivity index (χ2n) is 5.31. The Morgan fingerprint density at radius 3 is 2.96 bits per heavy atom. The van der Waals surface area contributed by atoms with Crippen molar-refractivity contribution < 1.29 is 13.7 Å². The number of methoxy groups -OCH3 is 1. The molecule has 4 rings (SSSR count). The highest BCUT2D eigenvalue weighted by Crippen LogP contribution is 2.22. The summed E-state index contributed by atoms with van der Waals surface area (Å²) >= 11 is 5.91. The van der Waals surface area contributed by atoms with Gasteiger partial charge in [-0.1, -0.05) is 28.9 Å². The molecule has 0 unspecified atom stereocenters. The lowest BCUT2D eigenvalue weighted by Gasteiger charge is -2.00. The van der Waals surface area contributed by atoms with Gasteiger partial charge < -0.3 is 13.7 Å². The Morgan fingerprint density at radius 2 is 2.12 bits per heavy atom. The van der Waals surface area contributed by atoms with E-state index in [0.717, 1.165) is 5.56 Å². The zero-order chi connectivity index (χ0) is 17.4. The van der Waals surface area contributed by atoms with Crippen LogP contribution < -0.4 is 10.5 Å². The molecule has 126 valence electrons. The molecular formula is C17H12ClN3O4. The summed E-state index contributed by atoms with van der Waals surface area (Å²) in [4.78, 5) is 16.4. The van der Waals surface area contributed by atoms with Gasteiger partial charge in [-0.3, -0.25) is 4.57 Å². The van der Waals surface area contributed by atoms with Gasteiger partial charge in [0.25, 0.3) is 0 Å². The van der Waals surface area contributed by atoms with Crippen LogP contribution in [-0.2, 0) is 6.54 Å². The van der Waals surface area contributed by atoms with Crippen LogP contribution in [0.25, 0.3) is 22.5 Å². The van der Waals surface area contributed by atoms with Crippen molar-refractivity contribution in [3.8, 4) is 17.1 Å². The Bertz CT molecular complexity index is 1110. The largest absolute Gasteiger partial charge is 0.497 e. The van der Waals surface area contributed by atoms with Gasteiger partial charge in [0.15, 0.2) is 5.58 Å². The van der Waals surface area contributed by atoms with E-state index < -0.39 is 5.76 Å². The van der Waals surface area contributed by atoms with Crippen molar-refractivity contribution in [1.82, 2.24) is 14.7 Å². The van der Waals surface area contributed by atoms with Crippen LogP contribution in [-0.4, -0.2) is 21.8 Å². The average molecular weight is 358 g/mol. The number of nitrogens with zero attached hydrogens (tertiary/aromatic N) is 3. The van der Waals surface area contributed by atoms with Gasteiger partial charge in [0, 0.05) is 16.7 Å². The van der Waals surface area contributed by atoms with Crippen LogP contribution in [0.1, 0.15) is 5.89 Å². The molecule has 0 N–H and O–H groups in total. The van der Waals surface area contributed by atoms with E-state index in [-0.39, 0.29) is 12.4 Å². The summed E-state index contributed by atoms with van der Waals surface area (Å²) in [5, 5.41) is 4.45.